The summed E-state index contributed by atoms with van der Waals surface area (Å²) in [6.45, 7) is 0.120. The highest BCUT2D eigenvalue weighted by Gasteiger charge is 2.14. The molecule has 21 heavy (non-hydrogen) atoms. The maximum atomic E-state index is 12.1. The summed E-state index contributed by atoms with van der Waals surface area (Å²) in [5.41, 5.74) is 0.824. The third-order valence-corrected chi connectivity index (χ3v) is 4.40. The third kappa shape index (κ3) is 3.07. The summed E-state index contributed by atoms with van der Waals surface area (Å²) >= 11 is 0. The van der Waals surface area contributed by atoms with Crippen molar-refractivity contribution in [2.75, 3.05) is 0 Å². The van der Waals surface area contributed by atoms with E-state index in [-0.39, 0.29) is 11.4 Å². The summed E-state index contributed by atoms with van der Waals surface area (Å²) in [6, 6.07) is 13.5. The molecule has 2 heterocycles. The lowest BCUT2D eigenvalue weighted by Gasteiger charge is -2.06. The topological polar surface area (TPSA) is 72.5 Å². The predicted molar refractivity (Wildman–Crippen MR) is 76.9 cm³/mol. The Morgan fingerprint density at radius 3 is 2.24 bits per heavy atom. The fourth-order valence-electron chi connectivity index (χ4n) is 1.90. The molecule has 0 amide bonds. The van der Waals surface area contributed by atoms with Gasteiger partial charge in [0.2, 0.25) is 10.0 Å². The van der Waals surface area contributed by atoms with Crippen molar-refractivity contribution < 1.29 is 17.3 Å². The number of sulfonamides is 1. The van der Waals surface area contributed by atoms with Crippen LogP contribution in [0.15, 0.2) is 74.8 Å². The van der Waals surface area contributed by atoms with Gasteiger partial charge in [-0.2, -0.15) is 0 Å². The van der Waals surface area contributed by atoms with Crippen molar-refractivity contribution in [3.05, 3.63) is 66.8 Å². The molecule has 2 aromatic heterocycles. The van der Waals surface area contributed by atoms with Gasteiger partial charge in [0.05, 0.1) is 24.0 Å². The van der Waals surface area contributed by atoms with Crippen LogP contribution < -0.4 is 4.72 Å². The van der Waals surface area contributed by atoms with Crippen molar-refractivity contribution >= 4 is 10.0 Å². The Morgan fingerprint density at radius 2 is 1.62 bits per heavy atom. The normalized spacial score (nSPS) is 11.6. The fourth-order valence-corrected chi connectivity index (χ4v) is 2.90. The fraction of sp³-hybridized carbons (Fsp3) is 0.0667. The minimum absolute atomic E-state index is 0.120. The lowest BCUT2D eigenvalue weighted by Crippen LogP contribution is -2.22. The molecule has 0 saturated carbocycles. The monoisotopic (exact) mass is 303 g/mol. The van der Waals surface area contributed by atoms with Crippen LogP contribution in [-0.4, -0.2) is 8.42 Å². The molecule has 1 aromatic carbocycles. The van der Waals surface area contributed by atoms with E-state index in [0.29, 0.717) is 11.5 Å². The molecule has 0 unspecified atom stereocenters. The number of furan rings is 2. The summed E-state index contributed by atoms with van der Waals surface area (Å²) in [5, 5.41) is 0. The van der Waals surface area contributed by atoms with Crippen LogP contribution in [0.4, 0.5) is 0 Å². The van der Waals surface area contributed by atoms with E-state index in [4.69, 9.17) is 8.83 Å². The second-order valence-electron chi connectivity index (χ2n) is 4.41. The Balaban J connectivity index is 1.76. The molecule has 6 heteroatoms. The van der Waals surface area contributed by atoms with Gasteiger partial charge in [-0.1, -0.05) is 0 Å². The second-order valence-corrected chi connectivity index (χ2v) is 6.17. The molecule has 5 nitrogen and oxygen atoms in total. The first kappa shape index (κ1) is 13.7. The van der Waals surface area contributed by atoms with Gasteiger partial charge in [-0.05, 0) is 48.5 Å². The Morgan fingerprint density at radius 1 is 0.905 bits per heavy atom. The zero-order valence-electron chi connectivity index (χ0n) is 11.0. The minimum Gasteiger partial charge on any atom is -0.468 e. The van der Waals surface area contributed by atoms with E-state index in [1.165, 1.54) is 6.26 Å². The van der Waals surface area contributed by atoms with Gasteiger partial charge in [0.25, 0.3) is 0 Å². The van der Waals surface area contributed by atoms with Crippen molar-refractivity contribution in [1.82, 2.24) is 4.72 Å². The molecule has 1 N–H and O–H groups in total. The first-order valence-electron chi connectivity index (χ1n) is 6.31. The van der Waals surface area contributed by atoms with Crippen molar-refractivity contribution in [2.24, 2.45) is 0 Å². The molecule has 0 atom stereocenters. The quantitative estimate of drug-likeness (QED) is 0.786. The van der Waals surface area contributed by atoms with Gasteiger partial charge in [-0.25, -0.2) is 13.1 Å². The largest absolute Gasteiger partial charge is 0.468 e. The Kier molecular flexibility index (Phi) is 3.64. The number of hydrogen-bond donors (Lipinski definition) is 1. The highest BCUT2D eigenvalue weighted by atomic mass is 32.2. The van der Waals surface area contributed by atoms with Crippen molar-refractivity contribution in [1.29, 1.82) is 0 Å². The van der Waals surface area contributed by atoms with E-state index in [9.17, 15) is 8.42 Å². The summed E-state index contributed by atoms with van der Waals surface area (Å²) in [4.78, 5) is 0.198. The molecule has 0 aliphatic carbocycles. The van der Waals surface area contributed by atoms with Gasteiger partial charge in [-0.15, -0.1) is 0 Å². The standard InChI is InChI=1S/C15H13NO4S/c17-21(18,16-11-13-3-1-9-19-13)14-7-5-12(6-8-14)15-4-2-10-20-15/h1-10,16H,11H2. The van der Waals surface area contributed by atoms with Gasteiger partial charge in [0.1, 0.15) is 11.5 Å². The predicted octanol–water partition coefficient (Wildman–Crippen LogP) is 3.02. The van der Waals surface area contributed by atoms with Crippen LogP contribution in [0.1, 0.15) is 5.76 Å². The van der Waals surface area contributed by atoms with Crippen molar-refractivity contribution in [2.45, 2.75) is 11.4 Å². The molecule has 0 bridgehead atoms. The maximum absolute atomic E-state index is 12.1. The summed E-state index contributed by atoms with van der Waals surface area (Å²) in [5.74, 6) is 1.26. The van der Waals surface area contributed by atoms with Crippen molar-refractivity contribution in [3.63, 3.8) is 0 Å². The van der Waals surface area contributed by atoms with Crippen LogP contribution in [0.2, 0.25) is 0 Å². The van der Waals surface area contributed by atoms with E-state index in [0.717, 1.165) is 5.56 Å². The van der Waals surface area contributed by atoms with E-state index in [2.05, 4.69) is 4.72 Å². The van der Waals surface area contributed by atoms with Crippen LogP contribution in [0.3, 0.4) is 0 Å². The maximum Gasteiger partial charge on any atom is 0.240 e. The Labute approximate surface area is 122 Å². The lowest BCUT2D eigenvalue weighted by molar-refractivity contribution is 0.498. The van der Waals surface area contributed by atoms with Gasteiger partial charge in [0, 0.05) is 5.56 Å². The SMILES string of the molecule is O=S(=O)(NCc1ccco1)c1ccc(-c2ccco2)cc1. The summed E-state index contributed by atoms with van der Waals surface area (Å²) in [6.07, 6.45) is 3.08. The van der Waals surface area contributed by atoms with Crippen LogP contribution >= 0.6 is 0 Å². The Bertz CT molecular complexity index is 788. The molecule has 3 rings (SSSR count). The van der Waals surface area contributed by atoms with E-state index in [1.807, 2.05) is 6.07 Å². The summed E-state index contributed by atoms with van der Waals surface area (Å²) < 4.78 is 37.1. The van der Waals surface area contributed by atoms with E-state index in [1.54, 1.807) is 48.7 Å². The molecule has 0 spiro atoms. The average molecular weight is 303 g/mol. The first-order valence-corrected chi connectivity index (χ1v) is 7.79. The Hall–Kier alpha value is -2.31. The molecule has 0 aliphatic rings. The van der Waals surface area contributed by atoms with Crippen LogP contribution in [0.25, 0.3) is 11.3 Å². The average Bonchev–Trinajstić information content (AvgIpc) is 3.19. The molecular formula is C15H13NO4S. The molecular weight excluding hydrogens is 290 g/mol. The third-order valence-electron chi connectivity index (χ3n) is 2.99. The second kappa shape index (κ2) is 5.59. The molecule has 0 saturated heterocycles. The highest BCUT2D eigenvalue weighted by Crippen LogP contribution is 2.21. The van der Waals surface area contributed by atoms with E-state index < -0.39 is 10.0 Å². The van der Waals surface area contributed by atoms with Gasteiger partial charge >= 0.3 is 0 Å². The van der Waals surface area contributed by atoms with Gasteiger partial charge < -0.3 is 8.83 Å². The summed E-state index contributed by atoms with van der Waals surface area (Å²) in [7, 11) is -3.56. The van der Waals surface area contributed by atoms with Gasteiger partial charge in [-0.3, -0.25) is 0 Å². The first-order chi connectivity index (χ1) is 10.1. The molecule has 0 radical (unpaired) electrons. The zero-order valence-corrected chi connectivity index (χ0v) is 11.8. The number of hydrogen-bond acceptors (Lipinski definition) is 4. The molecule has 3 aromatic rings. The van der Waals surface area contributed by atoms with Crippen molar-refractivity contribution in [3.8, 4) is 11.3 Å². The minimum atomic E-state index is -3.56. The molecule has 108 valence electrons. The van der Waals surface area contributed by atoms with E-state index >= 15 is 0 Å². The van der Waals surface area contributed by atoms with Crippen LogP contribution in [0, 0.1) is 0 Å². The smallest absolute Gasteiger partial charge is 0.240 e. The molecule has 0 fully saturated rings. The molecule has 0 aliphatic heterocycles. The van der Waals surface area contributed by atoms with Crippen LogP contribution in [0.5, 0.6) is 0 Å². The van der Waals surface area contributed by atoms with Crippen LogP contribution in [-0.2, 0) is 16.6 Å². The number of benzene rings is 1. The highest BCUT2D eigenvalue weighted by molar-refractivity contribution is 7.89. The lowest BCUT2D eigenvalue weighted by atomic mass is 10.2. The number of nitrogens with one attached hydrogen (secondary N) is 1. The number of rotatable bonds is 5. The van der Waals surface area contributed by atoms with Gasteiger partial charge in [0.15, 0.2) is 0 Å². The zero-order chi connectivity index (χ0) is 14.7.